The Morgan fingerprint density at radius 2 is 2.26 bits per heavy atom. The van der Waals surface area contributed by atoms with Crippen molar-refractivity contribution < 1.29 is 14.3 Å². The predicted octanol–water partition coefficient (Wildman–Crippen LogP) is 3.00. The number of allylic oxidation sites excluding steroid dienone is 1. The van der Waals surface area contributed by atoms with Gasteiger partial charge < -0.3 is 9.47 Å². The quantitative estimate of drug-likeness (QED) is 0.598. The zero-order chi connectivity index (χ0) is 18.5. The van der Waals surface area contributed by atoms with Gasteiger partial charge in [0.25, 0.3) is 0 Å². The molecule has 0 radical (unpaired) electrons. The Morgan fingerprint density at radius 1 is 1.41 bits per heavy atom. The molecule has 6 aliphatic rings. The number of fused-ring (bicyclic) bond motifs is 2. The monoisotopic (exact) mass is 364 g/mol. The Morgan fingerprint density at radius 3 is 3.00 bits per heavy atom. The zero-order valence-electron chi connectivity index (χ0n) is 15.9. The van der Waals surface area contributed by atoms with Crippen molar-refractivity contribution in [2.75, 3.05) is 13.7 Å². The number of aliphatic imine (C=N–C) groups is 1. The predicted molar refractivity (Wildman–Crippen MR) is 102 cm³/mol. The SMILES string of the molecule is C/C=C1/CN2[C@H]3C[C@@H]1C1[C@@H](OC(C)=O)[C@@]4(C[C@@H]12)C3=Nc1cc(OC)ccc14. The van der Waals surface area contributed by atoms with E-state index in [1.807, 2.05) is 12.1 Å². The van der Waals surface area contributed by atoms with Gasteiger partial charge in [-0.1, -0.05) is 17.7 Å². The van der Waals surface area contributed by atoms with Crippen molar-refractivity contribution >= 4 is 17.4 Å². The largest absolute Gasteiger partial charge is 0.497 e. The highest BCUT2D eigenvalue weighted by Crippen LogP contribution is 2.66. The van der Waals surface area contributed by atoms with Crippen molar-refractivity contribution in [2.24, 2.45) is 16.8 Å². The van der Waals surface area contributed by atoms with E-state index >= 15 is 0 Å². The second kappa shape index (κ2) is 5.02. The molecular weight excluding hydrogens is 340 g/mol. The van der Waals surface area contributed by atoms with Crippen LogP contribution in [-0.2, 0) is 14.9 Å². The Balaban J connectivity index is 1.59. The van der Waals surface area contributed by atoms with Gasteiger partial charge in [-0.2, -0.15) is 0 Å². The van der Waals surface area contributed by atoms with E-state index in [0.717, 1.165) is 30.8 Å². The summed E-state index contributed by atoms with van der Waals surface area (Å²) in [4.78, 5) is 19.9. The summed E-state index contributed by atoms with van der Waals surface area (Å²) in [6.45, 7) is 4.72. The van der Waals surface area contributed by atoms with Gasteiger partial charge >= 0.3 is 5.97 Å². The van der Waals surface area contributed by atoms with Gasteiger partial charge in [-0.05, 0) is 37.3 Å². The average Bonchev–Trinajstić information content (AvgIpc) is 3.14. The second-order valence-electron chi connectivity index (χ2n) is 8.62. The molecule has 5 fully saturated rings. The molecule has 140 valence electrons. The molecular formula is C22H24N2O3. The van der Waals surface area contributed by atoms with Crippen molar-refractivity contribution in [3.63, 3.8) is 0 Å². The summed E-state index contributed by atoms with van der Waals surface area (Å²) in [5, 5.41) is 0. The first-order valence-electron chi connectivity index (χ1n) is 9.94. The van der Waals surface area contributed by atoms with E-state index in [9.17, 15) is 4.79 Å². The smallest absolute Gasteiger partial charge is 0.302 e. The minimum Gasteiger partial charge on any atom is -0.497 e. The fourth-order valence-corrected chi connectivity index (χ4v) is 6.94. The van der Waals surface area contributed by atoms with E-state index in [0.29, 0.717) is 23.9 Å². The highest BCUT2D eigenvalue weighted by molar-refractivity contribution is 6.08. The number of hydrogen-bond acceptors (Lipinski definition) is 5. The molecule has 0 aromatic heterocycles. The van der Waals surface area contributed by atoms with Crippen molar-refractivity contribution in [2.45, 2.75) is 50.3 Å². The first kappa shape index (κ1) is 15.9. The van der Waals surface area contributed by atoms with Gasteiger partial charge in [-0.25, -0.2) is 0 Å². The summed E-state index contributed by atoms with van der Waals surface area (Å²) in [5.74, 6) is 1.52. The molecule has 27 heavy (non-hydrogen) atoms. The van der Waals surface area contributed by atoms with Crippen molar-refractivity contribution in [1.82, 2.24) is 4.90 Å². The van der Waals surface area contributed by atoms with Crippen molar-refractivity contribution in [1.29, 1.82) is 0 Å². The molecule has 2 unspecified atom stereocenters. The number of carbonyl (C=O) groups is 1. The molecule has 1 spiro atoms. The average molecular weight is 364 g/mol. The normalized spacial score (nSPS) is 43.5. The third kappa shape index (κ3) is 1.70. The molecule has 1 aliphatic carbocycles. The number of rotatable bonds is 2. The van der Waals surface area contributed by atoms with Crippen LogP contribution >= 0.6 is 0 Å². The van der Waals surface area contributed by atoms with Crippen LogP contribution in [-0.4, -0.2) is 48.4 Å². The van der Waals surface area contributed by atoms with Gasteiger partial charge in [0.15, 0.2) is 0 Å². The van der Waals surface area contributed by atoms with Crippen LogP contribution in [0, 0.1) is 11.8 Å². The van der Waals surface area contributed by atoms with Crippen LogP contribution in [0.3, 0.4) is 0 Å². The van der Waals surface area contributed by atoms with Crippen molar-refractivity contribution in [3.05, 3.63) is 35.4 Å². The van der Waals surface area contributed by atoms with Crippen LogP contribution in [0.5, 0.6) is 5.75 Å². The van der Waals surface area contributed by atoms with Gasteiger partial charge in [0, 0.05) is 31.5 Å². The Bertz CT molecular complexity index is 935. The highest BCUT2D eigenvalue weighted by Gasteiger charge is 2.73. The van der Waals surface area contributed by atoms with E-state index in [4.69, 9.17) is 14.5 Å². The van der Waals surface area contributed by atoms with Crippen LogP contribution in [0.2, 0.25) is 0 Å². The van der Waals surface area contributed by atoms with Gasteiger partial charge in [-0.15, -0.1) is 0 Å². The molecule has 5 nitrogen and oxygen atoms in total. The number of carbonyl (C=O) groups excluding carboxylic acids is 1. The number of methoxy groups -OCH3 is 1. The van der Waals surface area contributed by atoms with Gasteiger partial charge in [-0.3, -0.25) is 14.7 Å². The van der Waals surface area contributed by atoms with Crippen LogP contribution in [0.1, 0.15) is 32.3 Å². The second-order valence-corrected chi connectivity index (χ2v) is 8.62. The summed E-state index contributed by atoms with van der Waals surface area (Å²) in [5.41, 5.74) is 4.72. The Labute approximate surface area is 159 Å². The number of nitrogens with zero attached hydrogens (tertiary/aromatic N) is 2. The molecule has 7 atom stereocenters. The topological polar surface area (TPSA) is 51.1 Å². The number of esters is 1. The first-order chi connectivity index (χ1) is 13.1. The minimum absolute atomic E-state index is 0.122. The molecule has 5 heterocycles. The highest BCUT2D eigenvalue weighted by atomic mass is 16.5. The molecule has 1 aromatic rings. The first-order valence-corrected chi connectivity index (χ1v) is 9.94. The lowest BCUT2D eigenvalue weighted by Gasteiger charge is -2.55. The molecule has 5 heteroatoms. The molecule has 5 aliphatic heterocycles. The van der Waals surface area contributed by atoms with Gasteiger partial charge in [0.05, 0.1) is 30.0 Å². The minimum atomic E-state index is -0.248. The van der Waals surface area contributed by atoms with Crippen LogP contribution in [0.4, 0.5) is 5.69 Å². The van der Waals surface area contributed by atoms with E-state index < -0.39 is 0 Å². The lowest BCUT2D eigenvalue weighted by molar-refractivity contribution is -0.152. The maximum atomic E-state index is 12.1. The zero-order valence-corrected chi connectivity index (χ0v) is 15.9. The van der Waals surface area contributed by atoms with Crippen LogP contribution in [0.25, 0.3) is 0 Å². The van der Waals surface area contributed by atoms with Crippen LogP contribution in [0.15, 0.2) is 34.8 Å². The molecule has 4 saturated heterocycles. The molecule has 1 saturated carbocycles. The Hall–Kier alpha value is -2.14. The van der Waals surface area contributed by atoms with Crippen LogP contribution < -0.4 is 4.74 Å². The standard InChI is InChI=1S/C22H24N2O3/c1-4-12-10-24-17-8-14(12)19-18(24)9-22(21(19)27-11(2)25)15-6-5-13(26-3)7-16(15)23-20(17)22/h4-7,14,17-19,21H,8-10H2,1-3H3/b12-4-/t14-,17-,18-,19?,21+,22+/m0/s1. The molecule has 1 aromatic carbocycles. The lowest BCUT2D eigenvalue weighted by atomic mass is 9.66. The summed E-state index contributed by atoms with van der Waals surface area (Å²) in [7, 11) is 1.69. The maximum absolute atomic E-state index is 12.1. The Kier molecular flexibility index (Phi) is 2.95. The molecule has 0 amide bonds. The number of benzene rings is 1. The van der Waals surface area contributed by atoms with E-state index in [1.54, 1.807) is 14.0 Å². The lowest BCUT2D eigenvalue weighted by Crippen LogP contribution is -2.64. The number of piperidine rings is 4. The van der Waals surface area contributed by atoms with E-state index in [1.165, 1.54) is 16.8 Å². The molecule has 0 N–H and O–H groups in total. The molecule has 5 bridgehead atoms. The summed E-state index contributed by atoms with van der Waals surface area (Å²) in [6.07, 6.45) is 4.27. The molecule has 7 rings (SSSR count). The van der Waals surface area contributed by atoms with Crippen molar-refractivity contribution in [3.8, 4) is 5.75 Å². The van der Waals surface area contributed by atoms with E-state index in [-0.39, 0.29) is 17.5 Å². The third-order valence-corrected chi connectivity index (χ3v) is 7.78. The summed E-state index contributed by atoms with van der Waals surface area (Å²) in [6, 6.07) is 7.06. The fourth-order valence-electron chi connectivity index (χ4n) is 6.94. The van der Waals surface area contributed by atoms with Gasteiger partial charge in [0.2, 0.25) is 0 Å². The summed E-state index contributed by atoms with van der Waals surface area (Å²) < 4.78 is 11.5. The maximum Gasteiger partial charge on any atom is 0.302 e. The summed E-state index contributed by atoms with van der Waals surface area (Å²) >= 11 is 0. The third-order valence-electron chi connectivity index (χ3n) is 7.78. The van der Waals surface area contributed by atoms with E-state index in [2.05, 4.69) is 24.0 Å². The number of hydrogen-bond donors (Lipinski definition) is 0. The van der Waals surface area contributed by atoms with Gasteiger partial charge in [0.1, 0.15) is 11.9 Å². The fraction of sp³-hybridized carbons (Fsp3) is 0.545. The number of ether oxygens (including phenoxy) is 2.